The summed E-state index contributed by atoms with van der Waals surface area (Å²) in [5.74, 6) is 0.817. The third kappa shape index (κ3) is 6.04. The highest BCUT2D eigenvalue weighted by Gasteiger charge is 2.06. The SMILES string of the molecule is CCNC(=NCCC(=O)Nc1ccc(C)cn1)NCCc1c[nH]c2cc(F)ccc12. The summed E-state index contributed by atoms with van der Waals surface area (Å²) in [6.45, 7) is 5.68. The number of fused-ring (bicyclic) bond motifs is 1. The smallest absolute Gasteiger partial charge is 0.227 e. The zero-order valence-electron chi connectivity index (χ0n) is 17.3. The number of H-pyrrole nitrogens is 1. The summed E-state index contributed by atoms with van der Waals surface area (Å²) in [6, 6.07) is 8.43. The van der Waals surface area contributed by atoms with Crippen molar-refractivity contribution in [3.8, 4) is 0 Å². The molecular formula is C22H27FN6O. The highest BCUT2D eigenvalue weighted by Crippen LogP contribution is 2.19. The van der Waals surface area contributed by atoms with Gasteiger partial charge in [-0.2, -0.15) is 0 Å². The number of nitrogens with one attached hydrogen (secondary N) is 4. The molecule has 3 rings (SSSR count). The van der Waals surface area contributed by atoms with Gasteiger partial charge in [0, 0.05) is 42.8 Å². The van der Waals surface area contributed by atoms with Crippen molar-refractivity contribution in [1.82, 2.24) is 20.6 Å². The predicted molar refractivity (Wildman–Crippen MR) is 118 cm³/mol. The number of aryl methyl sites for hydroxylation is 1. The molecule has 158 valence electrons. The quantitative estimate of drug-likeness (QED) is 0.339. The number of hydrogen-bond donors (Lipinski definition) is 4. The molecule has 0 radical (unpaired) electrons. The molecule has 1 amide bonds. The third-order valence-corrected chi connectivity index (χ3v) is 4.55. The number of pyridine rings is 1. The fourth-order valence-corrected chi connectivity index (χ4v) is 3.04. The maximum Gasteiger partial charge on any atom is 0.227 e. The fraction of sp³-hybridized carbons (Fsp3) is 0.318. The molecule has 2 heterocycles. The Balaban J connectivity index is 1.47. The molecule has 0 atom stereocenters. The molecule has 0 unspecified atom stereocenters. The second-order valence-corrected chi connectivity index (χ2v) is 6.96. The van der Waals surface area contributed by atoms with E-state index in [1.165, 1.54) is 12.1 Å². The van der Waals surface area contributed by atoms with Gasteiger partial charge in [0.05, 0.1) is 6.54 Å². The van der Waals surface area contributed by atoms with E-state index in [2.05, 4.69) is 30.9 Å². The van der Waals surface area contributed by atoms with Crippen LogP contribution in [0.1, 0.15) is 24.5 Å². The van der Waals surface area contributed by atoms with Crippen molar-refractivity contribution in [2.24, 2.45) is 4.99 Å². The van der Waals surface area contributed by atoms with E-state index in [4.69, 9.17) is 0 Å². The summed E-state index contributed by atoms with van der Waals surface area (Å²) < 4.78 is 13.3. The molecule has 4 N–H and O–H groups in total. The maximum atomic E-state index is 13.3. The molecule has 1 aromatic carbocycles. The molecule has 0 aliphatic rings. The van der Waals surface area contributed by atoms with Crippen LogP contribution in [0.2, 0.25) is 0 Å². The van der Waals surface area contributed by atoms with E-state index in [9.17, 15) is 9.18 Å². The van der Waals surface area contributed by atoms with Crippen LogP contribution in [0.4, 0.5) is 10.2 Å². The molecule has 0 bridgehead atoms. The van der Waals surface area contributed by atoms with Gasteiger partial charge in [-0.05, 0) is 55.7 Å². The molecule has 30 heavy (non-hydrogen) atoms. The van der Waals surface area contributed by atoms with Gasteiger partial charge in [0.2, 0.25) is 5.91 Å². The number of rotatable bonds is 8. The lowest BCUT2D eigenvalue weighted by atomic mass is 10.1. The summed E-state index contributed by atoms with van der Waals surface area (Å²) in [4.78, 5) is 23.8. The molecule has 0 fully saturated rings. The zero-order chi connectivity index (χ0) is 21.3. The lowest BCUT2D eigenvalue weighted by molar-refractivity contribution is -0.116. The largest absolute Gasteiger partial charge is 0.361 e. The number of halogens is 1. The summed E-state index contributed by atoms with van der Waals surface area (Å²) >= 11 is 0. The van der Waals surface area contributed by atoms with Crippen molar-refractivity contribution in [2.45, 2.75) is 26.7 Å². The molecule has 0 aliphatic carbocycles. The number of aromatic nitrogens is 2. The number of carbonyl (C=O) groups excluding carboxylic acids is 1. The van der Waals surface area contributed by atoms with Crippen LogP contribution in [-0.2, 0) is 11.2 Å². The molecule has 0 aliphatic heterocycles. The van der Waals surface area contributed by atoms with Crippen LogP contribution in [-0.4, -0.2) is 41.5 Å². The Labute approximate surface area is 175 Å². The Morgan fingerprint density at radius 1 is 1.23 bits per heavy atom. The van der Waals surface area contributed by atoms with E-state index >= 15 is 0 Å². The molecule has 7 nitrogen and oxygen atoms in total. The van der Waals surface area contributed by atoms with Crippen LogP contribution in [0.3, 0.4) is 0 Å². The van der Waals surface area contributed by atoms with Crippen LogP contribution >= 0.6 is 0 Å². The second kappa shape index (κ2) is 10.4. The Bertz CT molecular complexity index is 1010. The maximum absolute atomic E-state index is 13.3. The Hall–Kier alpha value is -3.42. The van der Waals surface area contributed by atoms with Crippen LogP contribution < -0.4 is 16.0 Å². The van der Waals surface area contributed by atoms with Gasteiger partial charge in [0.1, 0.15) is 11.6 Å². The number of carbonyl (C=O) groups is 1. The average Bonchev–Trinajstić information content (AvgIpc) is 3.11. The molecular weight excluding hydrogens is 383 g/mol. The van der Waals surface area contributed by atoms with Crippen molar-refractivity contribution in [1.29, 1.82) is 0 Å². The van der Waals surface area contributed by atoms with Gasteiger partial charge < -0.3 is 20.9 Å². The highest BCUT2D eigenvalue weighted by atomic mass is 19.1. The van der Waals surface area contributed by atoms with Gasteiger partial charge in [-0.25, -0.2) is 9.37 Å². The first-order valence-electron chi connectivity index (χ1n) is 10.1. The first-order chi connectivity index (χ1) is 14.5. The van der Waals surface area contributed by atoms with E-state index in [1.807, 2.05) is 26.1 Å². The monoisotopic (exact) mass is 410 g/mol. The predicted octanol–water partition coefficient (Wildman–Crippen LogP) is 3.14. The lowest BCUT2D eigenvalue weighted by Gasteiger charge is -2.11. The van der Waals surface area contributed by atoms with E-state index in [1.54, 1.807) is 18.3 Å². The van der Waals surface area contributed by atoms with Gasteiger partial charge >= 0.3 is 0 Å². The van der Waals surface area contributed by atoms with E-state index in [0.717, 1.165) is 35.0 Å². The Kier molecular flexibility index (Phi) is 7.37. The normalized spacial score (nSPS) is 11.5. The van der Waals surface area contributed by atoms with E-state index in [-0.39, 0.29) is 18.1 Å². The van der Waals surface area contributed by atoms with Crippen LogP contribution in [0.15, 0.2) is 47.7 Å². The molecule has 0 saturated carbocycles. The van der Waals surface area contributed by atoms with E-state index in [0.29, 0.717) is 24.9 Å². The van der Waals surface area contributed by atoms with Gasteiger partial charge in [-0.1, -0.05) is 6.07 Å². The fourth-order valence-electron chi connectivity index (χ4n) is 3.04. The highest BCUT2D eigenvalue weighted by molar-refractivity contribution is 5.90. The zero-order valence-corrected chi connectivity index (χ0v) is 17.3. The minimum Gasteiger partial charge on any atom is -0.361 e. The number of aliphatic imine (C=N–C) groups is 1. The van der Waals surface area contributed by atoms with Crippen LogP contribution in [0, 0.1) is 12.7 Å². The number of aromatic amines is 1. The van der Waals surface area contributed by atoms with Crippen LogP contribution in [0.5, 0.6) is 0 Å². The van der Waals surface area contributed by atoms with Crippen molar-refractivity contribution in [3.63, 3.8) is 0 Å². The number of guanidine groups is 1. The Morgan fingerprint density at radius 3 is 2.87 bits per heavy atom. The minimum absolute atomic E-state index is 0.128. The van der Waals surface area contributed by atoms with Crippen molar-refractivity contribution in [2.75, 3.05) is 25.0 Å². The number of nitrogens with zero attached hydrogens (tertiary/aromatic N) is 2. The molecule has 0 spiro atoms. The second-order valence-electron chi connectivity index (χ2n) is 6.96. The van der Waals surface area contributed by atoms with E-state index < -0.39 is 0 Å². The number of anilines is 1. The summed E-state index contributed by atoms with van der Waals surface area (Å²) in [6.07, 6.45) is 4.64. The van der Waals surface area contributed by atoms with Gasteiger partial charge in [0.25, 0.3) is 0 Å². The standard InChI is InChI=1S/C22H27FN6O/c1-3-24-22(26-11-9-21(30)29-20-7-4-15(2)13-28-20)25-10-8-16-14-27-19-12-17(23)5-6-18(16)19/h4-7,12-14,27H,3,8-11H2,1-2H3,(H2,24,25,26)(H,28,29,30). The molecule has 0 saturated heterocycles. The molecule has 8 heteroatoms. The molecule has 3 aromatic rings. The van der Waals surface area contributed by atoms with Gasteiger partial charge in [-0.3, -0.25) is 9.79 Å². The van der Waals surface area contributed by atoms with Gasteiger partial charge in [-0.15, -0.1) is 0 Å². The Morgan fingerprint density at radius 2 is 2.10 bits per heavy atom. The number of hydrogen-bond acceptors (Lipinski definition) is 3. The first-order valence-corrected chi connectivity index (χ1v) is 10.1. The summed E-state index contributed by atoms with van der Waals surface area (Å²) in [5, 5.41) is 10.2. The summed E-state index contributed by atoms with van der Waals surface area (Å²) in [5.41, 5.74) is 2.94. The van der Waals surface area contributed by atoms with Crippen molar-refractivity contribution >= 4 is 28.6 Å². The number of benzene rings is 1. The van der Waals surface area contributed by atoms with Crippen LogP contribution in [0.25, 0.3) is 10.9 Å². The topological polar surface area (TPSA) is 94.2 Å². The van der Waals surface area contributed by atoms with Gasteiger partial charge in [0.15, 0.2) is 5.96 Å². The average molecular weight is 410 g/mol. The first kappa shape index (κ1) is 21.3. The molecule has 2 aromatic heterocycles. The third-order valence-electron chi connectivity index (χ3n) is 4.55. The summed E-state index contributed by atoms with van der Waals surface area (Å²) in [7, 11) is 0. The number of amides is 1. The minimum atomic E-state index is -0.252. The van der Waals surface area contributed by atoms with Crippen molar-refractivity contribution in [3.05, 3.63) is 59.7 Å². The lowest BCUT2D eigenvalue weighted by Crippen LogP contribution is -2.38. The van der Waals surface area contributed by atoms with Crippen molar-refractivity contribution < 1.29 is 9.18 Å².